The molecule has 57 heavy (non-hydrogen) atoms. The lowest BCUT2D eigenvalue weighted by Crippen LogP contribution is -2.41. The zero-order valence-electron chi connectivity index (χ0n) is 36.0. The number of hydrogen-bond donors (Lipinski definition) is 0. The summed E-state index contributed by atoms with van der Waals surface area (Å²) < 4.78 is 0. The van der Waals surface area contributed by atoms with Crippen LogP contribution in [0, 0.1) is 5.41 Å². The molecule has 1 fully saturated rings. The van der Waals surface area contributed by atoms with Gasteiger partial charge < -0.3 is 9.80 Å². The predicted molar refractivity (Wildman–Crippen MR) is 246 cm³/mol. The minimum atomic E-state index is -0.0852. The van der Waals surface area contributed by atoms with Gasteiger partial charge in [0.1, 0.15) is 0 Å². The van der Waals surface area contributed by atoms with E-state index in [1.165, 1.54) is 67.1 Å². The molecule has 0 bridgehead atoms. The molecule has 6 aromatic rings. The molecule has 2 aliphatic rings. The van der Waals surface area contributed by atoms with Crippen molar-refractivity contribution in [1.29, 1.82) is 0 Å². The molecule has 6 aromatic carbocycles. The van der Waals surface area contributed by atoms with Crippen LogP contribution in [0.4, 0.5) is 22.7 Å². The van der Waals surface area contributed by atoms with E-state index < -0.39 is 0 Å². The maximum absolute atomic E-state index is 2.87. The minimum absolute atomic E-state index is 0.00861. The third-order valence-electron chi connectivity index (χ3n) is 13.8. The highest BCUT2D eigenvalue weighted by Crippen LogP contribution is 2.61. The summed E-state index contributed by atoms with van der Waals surface area (Å²) in [4.78, 5) is 5.34. The fourth-order valence-corrected chi connectivity index (χ4v) is 10.8. The SMILES string of the molecule is CCC1(CC)CC(C)(C)N(c2c(C(C)C)cccc2C(C)C)C1c1ccc(N(c2ccc(-c3ccccc3)cc2)c2ccc3c(c2)C(C)(C)c2ccccc2-3)cc1. The summed E-state index contributed by atoms with van der Waals surface area (Å²) in [5.74, 6) is 0.866. The molecule has 0 amide bonds. The molecule has 1 aliphatic heterocycles. The topological polar surface area (TPSA) is 6.48 Å². The normalized spacial score (nSPS) is 17.5. The van der Waals surface area contributed by atoms with Crippen LogP contribution in [0.25, 0.3) is 22.3 Å². The van der Waals surface area contributed by atoms with Gasteiger partial charge in [0.05, 0.1) is 6.04 Å². The molecule has 1 heterocycles. The van der Waals surface area contributed by atoms with E-state index >= 15 is 0 Å². The monoisotopic (exact) mass is 750 g/mol. The summed E-state index contributed by atoms with van der Waals surface area (Å²) >= 11 is 0. The Balaban J connectivity index is 1.27. The van der Waals surface area contributed by atoms with E-state index in [2.05, 4.69) is 219 Å². The molecule has 8 rings (SSSR count). The van der Waals surface area contributed by atoms with Gasteiger partial charge in [-0.1, -0.05) is 159 Å². The Kier molecular flexibility index (Phi) is 10.00. The second-order valence-corrected chi connectivity index (χ2v) is 18.7. The average molecular weight is 751 g/mol. The highest BCUT2D eigenvalue weighted by Gasteiger charge is 2.55. The quantitative estimate of drug-likeness (QED) is 0.138. The van der Waals surface area contributed by atoms with Crippen molar-refractivity contribution >= 4 is 22.7 Å². The van der Waals surface area contributed by atoms with Crippen LogP contribution < -0.4 is 9.80 Å². The molecular formula is C55H62N2. The number of fused-ring (bicyclic) bond motifs is 3. The molecule has 0 spiro atoms. The van der Waals surface area contributed by atoms with Crippen molar-refractivity contribution < 1.29 is 0 Å². The van der Waals surface area contributed by atoms with Crippen molar-refractivity contribution in [2.75, 3.05) is 9.80 Å². The summed E-state index contributed by atoms with van der Waals surface area (Å²) in [6.45, 7) is 24.1. The van der Waals surface area contributed by atoms with E-state index in [-0.39, 0.29) is 22.4 Å². The Hall–Kier alpha value is -5.08. The van der Waals surface area contributed by atoms with Crippen molar-refractivity contribution in [3.8, 4) is 22.3 Å². The molecule has 0 radical (unpaired) electrons. The number of para-hydroxylation sites is 1. The van der Waals surface area contributed by atoms with E-state index in [1.54, 1.807) is 0 Å². The Morgan fingerprint density at radius 1 is 0.561 bits per heavy atom. The van der Waals surface area contributed by atoms with Crippen molar-refractivity contribution in [3.05, 3.63) is 167 Å². The molecule has 2 nitrogen and oxygen atoms in total. The standard InChI is InChI=1S/C55H62N2/c1-11-55(12-2)36-53(7,8)57(51-45(37(3)4)22-18-23-46(51)38(5)6)52(55)41-27-31-43(32-28-41)56(42-29-25-40(26-30-42)39-19-14-13-15-20-39)44-33-34-48-47-21-16-17-24-49(47)54(9,10)50(48)35-44/h13-35,37-38,52H,11-12,36H2,1-10H3. The van der Waals surface area contributed by atoms with Gasteiger partial charge in [-0.05, 0) is 137 Å². The fraction of sp³-hybridized carbons (Fsp3) is 0.345. The molecule has 1 atom stereocenters. The van der Waals surface area contributed by atoms with Crippen LogP contribution in [-0.4, -0.2) is 5.54 Å². The third kappa shape index (κ3) is 6.50. The number of anilines is 4. The highest BCUT2D eigenvalue weighted by molar-refractivity contribution is 5.86. The first-order valence-corrected chi connectivity index (χ1v) is 21.5. The number of benzene rings is 6. The van der Waals surface area contributed by atoms with Gasteiger partial charge in [-0.25, -0.2) is 0 Å². The van der Waals surface area contributed by atoms with Crippen LogP contribution in [-0.2, 0) is 5.41 Å². The Morgan fingerprint density at radius 3 is 1.68 bits per heavy atom. The van der Waals surface area contributed by atoms with E-state index in [9.17, 15) is 0 Å². The Morgan fingerprint density at radius 2 is 1.09 bits per heavy atom. The minimum Gasteiger partial charge on any atom is -0.358 e. The molecule has 1 saturated heterocycles. The largest absolute Gasteiger partial charge is 0.358 e. The van der Waals surface area contributed by atoms with Gasteiger partial charge in [0.25, 0.3) is 0 Å². The molecule has 1 aliphatic carbocycles. The van der Waals surface area contributed by atoms with Gasteiger partial charge in [-0.15, -0.1) is 0 Å². The predicted octanol–water partition coefficient (Wildman–Crippen LogP) is 15.9. The van der Waals surface area contributed by atoms with E-state index in [1.807, 2.05) is 0 Å². The van der Waals surface area contributed by atoms with Gasteiger partial charge in [0.2, 0.25) is 0 Å². The summed E-state index contributed by atoms with van der Waals surface area (Å²) in [5, 5.41) is 0. The molecule has 0 saturated carbocycles. The molecule has 292 valence electrons. The zero-order valence-corrected chi connectivity index (χ0v) is 36.0. The maximum atomic E-state index is 2.87. The van der Waals surface area contributed by atoms with E-state index in [0.717, 1.165) is 24.9 Å². The summed E-state index contributed by atoms with van der Waals surface area (Å²) in [6, 6.07) is 52.9. The first-order chi connectivity index (χ1) is 27.3. The summed E-state index contributed by atoms with van der Waals surface area (Å²) in [7, 11) is 0. The van der Waals surface area contributed by atoms with Crippen molar-refractivity contribution in [2.45, 2.75) is 117 Å². The zero-order chi connectivity index (χ0) is 40.3. The number of hydrogen-bond acceptors (Lipinski definition) is 2. The lowest BCUT2D eigenvalue weighted by atomic mass is 9.71. The summed E-state index contributed by atoms with van der Waals surface area (Å²) in [6.07, 6.45) is 3.45. The van der Waals surface area contributed by atoms with Crippen LogP contribution in [0.2, 0.25) is 0 Å². The molecule has 0 N–H and O–H groups in total. The second-order valence-electron chi connectivity index (χ2n) is 18.7. The summed E-state index contributed by atoms with van der Waals surface area (Å²) in [5.41, 5.74) is 17.3. The average Bonchev–Trinajstić information content (AvgIpc) is 3.61. The second kappa shape index (κ2) is 14.7. The van der Waals surface area contributed by atoms with Gasteiger partial charge in [-0.3, -0.25) is 0 Å². The van der Waals surface area contributed by atoms with Gasteiger partial charge in [0, 0.05) is 33.7 Å². The van der Waals surface area contributed by atoms with E-state index in [0.29, 0.717) is 11.8 Å². The number of nitrogens with zero attached hydrogens (tertiary/aromatic N) is 2. The van der Waals surface area contributed by atoms with E-state index in [4.69, 9.17) is 0 Å². The lowest BCUT2D eigenvalue weighted by molar-refractivity contribution is 0.227. The third-order valence-corrected chi connectivity index (χ3v) is 13.8. The molecular weight excluding hydrogens is 689 g/mol. The van der Waals surface area contributed by atoms with Crippen LogP contribution in [0.5, 0.6) is 0 Å². The Labute approximate surface area is 343 Å². The first kappa shape index (κ1) is 38.8. The highest BCUT2D eigenvalue weighted by atomic mass is 15.3. The Bertz CT molecular complexity index is 2330. The van der Waals surface area contributed by atoms with Crippen molar-refractivity contribution in [3.63, 3.8) is 0 Å². The van der Waals surface area contributed by atoms with Crippen LogP contribution in [0.15, 0.2) is 140 Å². The smallest absolute Gasteiger partial charge is 0.0605 e. The van der Waals surface area contributed by atoms with Crippen molar-refractivity contribution in [2.24, 2.45) is 5.41 Å². The van der Waals surface area contributed by atoms with Crippen LogP contribution in [0.3, 0.4) is 0 Å². The van der Waals surface area contributed by atoms with Crippen molar-refractivity contribution in [1.82, 2.24) is 0 Å². The molecule has 1 unspecified atom stereocenters. The molecule has 2 heteroatoms. The lowest BCUT2D eigenvalue weighted by Gasteiger charge is -2.44. The number of rotatable bonds is 10. The maximum Gasteiger partial charge on any atom is 0.0605 e. The van der Waals surface area contributed by atoms with Gasteiger partial charge in [-0.2, -0.15) is 0 Å². The van der Waals surface area contributed by atoms with Gasteiger partial charge >= 0.3 is 0 Å². The van der Waals surface area contributed by atoms with Crippen LogP contribution in [0.1, 0.15) is 134 Å². The fourth-order valence-electron chi connectivity index (χ4n) is 10.8. The first-order valence-electron chi connectivity index (χ1n) is 21.5. The van der Waals surface area contributed by atoms with Crippen LogP contribution >= 0.6 is 0 Å². The van der Waals surface area contributed by atoms with Gasteiger partial charge in [0.15, 0.2) is 0 Å². The molecule has 0 aromatic heterocycles.